The Kier molecular flexibility index (Phi) is 3.47. The van der Waals surface area contributed by atoms with Crippen LogP contribution in [0.3, 0.4) is 0 Å². The van der Waals surface area contributed by atoms with Crippen LogP contribution in [0.5, 0.6) is 0 Å². The van der Waals surface area contributed by atoms with Crippen LogP contribution < -0.4 is 5.32 Å². The predicted molar refractivity (Wildman–Crippen MR) is 74.1 cm³/mol. The van der Waals surface area contributed by atoms with Crippen LogP contribution in [0, 0.1) is 0 Å². The second kappa shape index (κ2) is 5.41. The normalized spacial score (nSPS) is 11.2. The number of hydrogen-bond donors (Lipinski definition) is 1. The van der Waals surface area contributed by atoms with Crippen molar-refractivity contribution in [2.45, 2.75) is 13.3 Å². The lowest BCUT2D eigenvalue weighted by Crippen LogP contribution is -2.16. The summed E-state index contributed by atoms with van der Waals surface area (Å²) in [5.41, 5.74) is 0.929. The summed E-state index contributed by atoms with van der Waals surface area (Å²) < 4.78 is 1.79. The molecule has 0 amide bonds. The predicted octanol–water partition coefficient (Wildman–Crippen LogP) is 1.40. The molecule has 0 saturated heterocycles. The van der Waals surface area contributed by atoms with Crippen LogP contribution in [-0.2, 0) is 6.42 Å². The van der Waals surface area contributed by atoms with Crippen LogP contribution in [0.4, 0.5) is 0 Å². The number of hydrogen-bond acceptors (Lipinski definition) is 6. The molecule has 0 aliphatic heterocycles. The van der Waals surface area contributed by atoms with E-state index in [-0.39, 0.29) is 0 Å². The number of nitrogens with one attached hydrogen (secondary N) is 1. The molecule has 19 heavy (non-hydrogen) atoms. The van der Waals surface area contributed by atoms with E-state index in [0.29, 0.717) is 0 Å². The molecular formula is C12H14N6S. The largest absolute Gasteiger partial charge is 0.317 e. The first-order valence-corrected chi connectivity index (χ1v) is 7.02. The van der Waals surface area contributed by atoms with Crippen LogP contribution >= 0.6 is 11.3 Å². The van der Waals surface area contributed by atoms with Gasteiger partial charge in [0, 0.05) is 30.9 Å². The highest BCUT2D eigenvalue weighted by molar-refractivity contribution is 7.16. The second-order valence-electron chi connectivity index (χ2n) is 4.06. The number of rotatable bonds is 5. The quantitative estimate of drug-likeness (QED) is 0.712. The molecular weight excluding hydrogens is 260 g/mol. The lowest BCUT2D eigenvalue weighted by atomic mass is 10.3. The molecule has 0 aliphatic rings. The fourth-order valence-corrected chi connectivity index (χ4v) is 2.64. The summed E-state index contributed by atoms with van der Waals surface area (Å²) in [7, 11) is 0. The van der Waals surface area contributed by atoms with Gasteiger partial charge >= 0.3 is 0 Å². The van der Waals surface area contributed by atoms with Crippen molar-refractivity contribution in [2.75, 3.05) is 13.1 Å². The standard InChI is InChI=1S/C12H14N6S/c1-2-13-7-5-10-17-18-11(15-16-12(18)19-10)9-4-3-6-14-8-9/h3-4,6,8,13H,2,5,7H2,1H3. The van der Waals surface area contributed by atoms with E-state index in [2.05, 4.69) is 32.5 Å². The van der Waals surface area contributed by atoms with Gasteiger partial charge in [0.25, 0.3) is 0 Å². The molecule has 0 atom stereocenters. The Hall–Kier alpha value is -1.86. The molecule has 0 aliphatic carbocycles. The molecule has 98 valence electrons. The molecule has 7 heteroatoms. The molecule has 0 bridgehead atoms. The van der Waals surface area contributed by atoms with Gasteiger partial charge in [-0.3, -0.25) is 4.98 Å². The van der Waals surface area contributed by atoms with Crippen LogP contribution in [-0.4, -0.2) is 37.9 Å². The van der Waals surface area contributed by atoms with Gasteiger partial charge in [-0.2, -0.15) is 9.61 Å². The number of aromatic nitrogens is 5. The summed E-state index contributed by atoms with van der Waals surface area (Å²) in [6, 6.07) is 3.84. The monoisotopic (exact) mass is 274 g/mol. The van der Waals surface area contributed by atoms with Gasteiger partial charge in [-0.1, -0.05) is 18.3 Å². The van der Waals surface area contributed by atoms with E-state index in [4.69, 9.17) is 0 Å². The van der Waals surface area contributed by atoms with Crippen LogP contribution in [0.25, 0.3) is 16.3 Å². The summed E-state index contributed by atoms with van der Waals surface area (Å²) in [6.45, 7) is 4.01. The number of pyridine rings is 1. The molecule has 6 nitrogen and oxygen atoms in total. The third kappa shape index (κ3) is 2.47. The molecule has 0 fully saturated rings. The van der Waals surface area contributed by atoms with Crippen LogP contribution in [0.2, 0.25) is 0 Å². The highest BCUT2D eigenvalue weighted by Crippen LogP contribution is 2.20. The highest BCUT2D eigenvalue weighted by atomic mass is 32.1. The molecule has 3 aromatic rings. The summed E-state index contributed by atoms with van der Waals surface area (Å²) in [6.07, 6.45) is 4.42. The smallest absolute Gasteiger partial charge is 0.234 e. The van der Waals surface area contributed by atoms with Crippen molar-refractivity contribution in [2.24, 2.45) is 0 Å². The summed E-state index contributed by atoms with van der Waals surface area (Å²) in [4.78, 5) is 4.92. The molecule has 0 unspecified atom stereocenters. The third-order valence-corrected chi connectivity index (χ3v) is 3.68. The number of fused-ring (bicyclic) bond motifs is 1. The average molecular weight is 274 g/mol. The van der Waals surface area contributed by atoms with E-state index in [0.717, 1.165) is 40.9 Å². The van der Waals surface area contributed by atoms with Crippen LogP contribution in [0.15, 0.2) is 24.5 Å². The van der Waals surface area contributed by atoms with Crippen molar-refractivity contribution in [3.63, 3.8) is 0 Å². The Morgan fingerprint density at radius 2 is 2.32 bits per heavy atom. The molecule has 0 saturated carbocycles. The number of likely N-dealkylation sites (N-methyl/N-ethyl adjacent to an activating group) is 1. The third-order valence-electron chi connectivity index (χ3n) is 2.72. The van der Waals surface area contributed by atoms with Gasteiger partial charge in [0.2, 0.25) is 4.96 Å². The maximum Gasteiger partial charge on any atom is 0.234 e. The maximum absolute atomic E-state index is 4.56. The fraction of sp³-hybridized carbons (Fsp3) is 0.333. The fourth-order valence-electron chi connectivity index (χ4n) is 1.80. The van der Waals surface area contributed by atoms with Gasteiger partial charge in [0.15, 0.2) is 5.82 Å². The first-order chi connectivity index (χ1) is 9.38. The minimum Gasteiger partial charge on any atom is -0.317 e. The molecule has 3 aromatic heterocycles. The average Bonchev–Trinajstić information content (AvgIpc) is 3.00. The zero-order valence-corrected chi connectivity index (χ0v) is 11.4. The SMILES string of the molecule is CCNCCc1nn2c(-c3cccnc3)nnc2s1. The Morgan fingerprint density at radius 3 is 3.11 bits per heavy atom. The van der Waals surface area contributed by atoms with E-state index in [1.165, 1.54) is 0 Å². The Balaban J connectivity index is 1.90. The minimum atomic E-state index is 0.744. The Bertz CT molecular complexity index is 659. The molecule has 1 N–H and O–H groups in total. The van der Waals surface area contributed by atoms with Crippen molar-refractivity contribution in [3.05, 3.63) is 29.5 Å². The van der Waals surface area contributed by atoms with E-state index in [1.54, 1.807) is 28.2 Å². The first-order valence-electron chi connectivity index (χ1n) is 6.20. The van der Waals surface area contributed by atoms with Crippen molar-refractivity contribution >= 4 is 16.3 Å². The first kappa shape index (κ1) is 12.2. The molecule has 3 rings (SSSR count). The van der Waals surface area contributed by atoms with Crippen molar-refractivity contribution in [1.29, 1.82) is 0 Å². The minimum absolute atomic E-state index is 0.744. The van der Waals surface area contributed by atoms with E-state index in [1.807, 2.05) is 12.1 Å². The van der Waals surface area contributed by atoms with Gasteiger partial charge in [0.1, 0.15) is 5.01 Å². The highest BCUT2D eigenvalue weighted by Gasteiger charge is 2.12. The zero-order chi connectivity index (χ0) is 13.1. The zero-order valence-electron chi connectivity index (χ0n) is 10.6. The van der Waals surface area contributed by atoms with Crippen LogP contribution in [0.1, 0.15) is 11.9 Å². The van der Waals surface area contributed by atoms with Crippen molar-refractivity contribution in [1.82, 2.24) is 30.1 Å². The molecule has 0 spiro atoms. The summed E-state index contributed by atoms with van der Waals surface area (Å²) >= 11 is 1.58. The van der Waals surface area contributed by atoms with E-state index < -0.39 is 0 Å². The Morgan fingerprint density at radius 1 is 1.37 bits per heavy atom. The maximum atomic E-state index is 4.56. The second-order valence-corrected chi connectivity index (χ2v) is 5.10. The van der Waals surface area contributed by atoms with Gasteiger partial charge < -0.3 is 5.32 Å². The topological polar surface area (TPSA) is 68.0 Å². The molecule has 0 radical (unpaired) electrons. The number of nitrogens with zero attached hydrogens (tertiary/aromatic N) is 5. The van der Waals surface area contributed by atoms with E-state index in [9.17, 15) is 0 Å². The lowest BCUT2D eigenvalue weighted by molar-refractivity contribution is 0.707. The Labute approximate surface area is 114 Å². The summed E-state index contributed by atoms with van der Waals surface area (Å²) in [5, 5.41) is 17.3. The summed E-state index contributed by atoms with van der Waals surface area (Å²) in [5.74, 6) is 0.744. The lowest BCUT2D eigenvalue weighted by Gasteiger charge is -1.97. The van der Waals surface area contributed by atoms with Gasteiger partial charge in [-0.25, -0.2) is 0 Å². The molecule has 0 aromatic carbocycles. The molecule has 3 heterocycles. The van der Waals surface area contributed by atoms with E-state index >= 15 is 0 Å². The van der Waals surface area contributed by atoms with Gasteiger partial charge in [-0.15, -0.1) is 10.2 Å². The van der Waals surface area contributed by atoms with Gasteiger partial charge in [-0.05, 0) is 18.7 Å². The van der Waals surface area contributed by atoms with Crippen molar-refractivity contribution < 1.29 is 0 Å². The van der Waals surface area contributed by atoms with Crippen molar-refractivity contribution in [3.8, 4) is 11.4 Å². The van der Waals surface area contributed by atoms with Gasteiger partial charge in [0.05, 0.1) is 0 Å².